The number of hydrogen-bond donors (Lipinski definition) is 1. The van der Waals surface area contributed by atoms with Gasteiger partial charge in [-0.05, 0) is 24.7 Å². The fourth-order valence-electron chi connectivity index (χ4n) is 1.96. The van der Waals surface area contributed by atoms with E-state index in [1.807, 2.05) is 31.3 Å². The molecule has 0 aliphatic carbocycles. The Kier molecular flexibility index (Phi) is 5.34. The molecule has 2 rings (SSSR count). The molecule has 1 aromatic carbocycles. The Bertz CT molecular complexity index is 594. The Morgan fingerprint density at radius 1 is 1.35 bits per heavy atom. The highest BCUT2D eigenvalue weighted by atomic mass is 79.9. The second kappa shape index (κ2) is 7.02. The lowest BCUT2D eigenvalue weighted by atomic mass is 10.0. The maximum absolute atomic E-state index is 6.30. The van der Waals surface area contributed by atoms with E-state index < -0.39 is 0 Å². The van der Waals surface area contributed by atoms with Crippen LogP contribution in [0.15, 0.2) is 35.1 Å². The molecule has 1 atom stereocenters. The quantitative estimate of drug-likeness (QED) is 0.892. The minimum absolute atomic E-state index is 0.0789. The van der Waals surface area contributed by atoms with Crippen molar-refractivity contribution in [1.29, 1.82) is 0 Å². The molecular formula is C14H15BrClN3O. The zero-order valence-corrected chi connectivity index (χ0v) is 13.6. The molecule has 106 valence electrons. The lowest BCUT2D eigenvalue weighted by Crippen LogP contribution is -2.19. The lowest BCUT2D eigenvalue weighted by Gasteiger charge is -2.18. The molecule has 1 unspecified atom stereocenters. The molecule has 1 N–H and O–H groups in total. The molecule has 4 nitrogen and oxygen atoms in total. The Balaban J connectivity index is 2.23. The summed E-state index contributed by atoms with van der Waals surface area (Å²) in [6.45, 7) is 0. The van der Waals surface area contributed by atoms with Crippen LogP contribution in [0.5, 0.6) is 5.88 Å². The molecule has 20 heavy (non-hydrogen) atoms. The molecule has 0 radical (unpaired) electrons. The maximum atomic E-state index is 6.30. The summed E-state index contributed by atoms with van der Waals surface area (Å²) >= 11 is 9.71. The van der Waals surface area contributed by atoms with E-state index in [2.05, 4.69) is 31.2 Å². The van der Waals surface area contributed by atoms with E-state index in [1.165, 1.54) is 6.33 Å². The van der Waals surface area contributed by atoms with Crippen molar-refractivity contribution in [3.8, 4) is 5.88 Å². The summed E-state index contributed by atoms with van der Waals surface area (Å²) in [5.41, 5.74) is 1.94. The fraction of sp³-hybridized carbons (Fsp3) is 0.286. The van der Waals surface area contributed by atoms with Crippen LogP contribution in [0.4, 0.5) is 0 Å². The van der Waals surface area contributed by atoms with E-state index in [9.17, 15) is 0 Å². The van der Waals surface area contributed by atoms with Crippen molar-refractivity contribution in [2.24, 2.45) is 0 Å². The summed E-state index contributed by atoms with van der Waals surface area (Å²) < 4.78 is 6.07. The van der Waals surface area contributed by atoms with Crippen LogP contribution in [0.3, 0.4) is 0 Å². The monoisotopic (exact) mass is 355 g/mol. The first-order chi connectivity index (χ1) is 9.63. The number of likely N-dealkylation sites (N-methyl/N-ethyl adjacent to an activating group) is 1. The first-order valence-corrected chi connectivity index (χ1v) is 7.28. The minimum atomic E-state index is 0.0789. The van der Waals surface area contributed by atoms with Gasteiger partial charge in [-0.3, -0.25) is 0 Å². The standard InChI is InChI=1S/C14H15BrClN3O/c1-17-13(11-4-3-9(15)5-12(11)16)6-10-7-14(20-2)19-8-18-10/h3-5,7-8,13,17H,6H2,1-2H3. The van der Waals surface area contributed by atoms with Crippen LogP contribution in [0.2, 0.25) is 5.02 Å². The minimum Gasteiger partial charge on any atom is -0.481 e. The summed E-state index contributed by atoms with van der Waals surface area (Å²) in [6.07, 6.45) is 2.21. The van der Waals surface area contributed by atoms with E-state index in [4.69, 9.17) is 16.3 Å². The van der Waals surface area contributed by atoms with Gasteiger partial charge in [0.15, 0.2) is 0 Å². The Morgan fingerprint density at radius 2 is 2.15 bits per heavy atom. The highest BCUT2D eigenvalue weighted by Crippen LogP contribution is 2.28. The van der Waals surface area contributed by atoms with Crippen LogP contribution < -0.4 is 10.1 Å². The van der Waals surface area contributed by atoms with Crippen LogP contribution >= 0.6 is 27.5 Å². The van der Waals surface area contributed by atoms with E-state index in [0.29, 0.717) is 12.3 Å². The molecule has 1 heterocycles. The fourth-order valence-corrected chi connectivity index (χ4v) is 2.77. The van der Waals surface area contributed by atoms with Crippen LogP contribution in [0.1, 0.15) is 17.3 Å². The molecule has 0 amide bonds. The number of nitrogens with one attached hydrogen (secondary N) is 1. The molecule has 0 spiro atoms. The van der Waals surface area contributed by atoms with Crippen molar-refractivity contribution in [1.82, 2.24) is 15.3 Å². The third-order valence-electron chi connectivity index (χ3n) is 3.01. The zero-order chi connectivity index (χ0) is 14.5. The van der Waals surface area contributed by atoms with E-state index in [0.717, 1.165) is 20.8 Å². The van der Waals surface area contributed by atoms with Gasteiger partial charge in [0.1, 0.15) is 6.33 Å². The van der Waals surface area contributed by atoms with Gasteiger partial charge in [-0.1, -0.05) is 33.6 Å². The smallest absolute Gasteiger partial charge is 0.216 e. The van der Waals surface area contributed by atoms with Gasteiger partial charge in [0, 0.05) is 33.7 Å². The van der Waals surface area contributed by atoms with Crippen molar-refractivity contribution < 1.29 is 4.74 Å². The van der Waals surface area contributed by atoms with Crippen LogP contribution in [0, 0.1) is 0 Å². The Labute approximate surface area is 131 Å². The normalized spacial score (nSPS) is 12.2. The molecule has 0 saturated heterocycles. The van der Waals surface area contributed by atoms with Crippen molar-refractivity contribution in [3.05, 3.63) is 51.3 Å². The molecule has 1 aromatic heterocycles. The van der Waals surface area contributed by atoms with Gasteiger partial charge in [-0.15, -0.1) is 0 Å². The van der Waals surface area contributed by atoms with Gasteiger partial charge >= 0.3 is 0 Å². The summed E-state index contributed by atoms with van der Waals surface area (Å²) in [6, 6.07) is 7.78. The topological polar surface area (TPSA) is 47.0 Å². The Morgan fingerprint density at radius 3 is 2.80 bits per heavy atom. The number of methoxy groups -OCH3 is 1. The predicted molar refractivity (Wildman–Crippen MR) is 83.2 cm³/mol. The van der Waals surface area contributed by atoms with Gasteiger partial charge in [0.05, 0.1) is 7.11 Å². The summed E-state index contributed by atoms with van der Waals surface area (Å²) in [5, 5.41) is 3.99. The van der Waals surface area contributed by atoms with Crippen molar-refractivity contribution in [2.75, 3.05) is 14.2 Å². The number of ether oxygens (including phenoxy) is 1. The summed E-state index contributed by atoms with van der Waals surface area (Å²) in [7, 11) is 3.49. The van der Waals surface area contributed by atoms with Gasteiger partial charge in [-0.2, -0.15) is 0 Å². The average molecular weight is 357 g/mol. The van der Waals surface area contributed by atoms with Gasteiger partial charge in [-0.25, -0.2) is 9.97 Å². The van der Waals surface area contributed by atoms with E-state index in [-0.39, 0.29) is 6.04 Å². The number of benzene rings is 1. The maximum Gasteiger partial charge on any atom is 0.216 e. The highest BCUT2D eigenvalue weighted by molar-refractivity contribution is 9.10. The van der Waals surface area contributed by atoms with E-state index >= 15 is 0 Å². The lowest BCUT2D eigenvalue weighted by molar-refractivity contribution is 0.395. The van der Waals surface area contributed by atoms with Crippen LogP contribution in [-0.4, -0.2) is 24.1 Å². The largest absolute Gasteiger partial charge is 0.481 e. The van der Waals surface area contributed by atoms with Gasteiger partial charge in [0.2, 0.25) is 5.88 Å². The van der Waals surface area contributed by atoms with Crippen molar-refractivity contribution in [3.63, 3.8) is 0 Å². The molecule has 2 aromatic rings. The third-order valence-corrected chi connectivity index (χ3v) is 3.83. The Hall–Kier alpha value is -1.17. The molecule has 6 heteroatoms. The molecule has 0 aliphatic rings. The number of aromatic nitrogens is 2. The number of rotatable bonds is 5. The van der Waals surface area contributed by atoms with Gasteiger partial charge in [0.25, 0.3) is 0 Å². The second-order valence-electron chi connectivity index (χ2n) is 4.26. The molecule has 0 fully saturated rings. The van der Waals surface area contributed by atoms with Crippen LogP contribution in [0.25, 0.3) is 0 Å². The SMILES string of the molecule is CNC(Cc1cc(OC)ncn1)c1ccc(Br)cc1Cl. The molecule has 0 saturated carbocycles. The van der Waals surface area contributed by atoms with Crippen LogP contribution in [-0.2, 0) is 6.42 Å². The summed E-state index contributed by atoms with van der Waals surface area (Å²) in [4.78, 5) is 8.27. The molecule has 0 aliphatic heterocycles. The predicted octanol–water partition coefficient (Wildman–Crippen LogP) is 3.40. The number of nitrogens with zero attached hydrogens (tertiary/aromatic N) is 2. The third kappa shape index (κ3) is 3.69. The molecular weight excluding hydrogens is 342 g/mol. The first-order valence-electron chi connectivity index (χ1n) is 6.11. The van der Waals surface area contributed by atoms with Crippen molar-refractivity contribution in [2.45, 2.75) is 12.5 Å². The zero-order valence-electron chi connectivity index (χ0n) is 11.2. The first kappa shape index (κ1) is 15.2. The second-order valence-corrected chi connectivity index (χ2v) is 5.59. The van der Waals surface area contributed by atoms with Gasteiger partial charge < -0.3 is 10.1 Å². The van der Waals surface area contributed by atoms with Crippen molar-refractivity contribution >= 4 is 27.5 Å². The summed E-state index contributed by atoms with van der Waals surface area (Å²) in [5.74, 6) is 0.562. The molecule has 0 bridgehead atoms. The number of halogens is 2. The number of hydrogen-bond acceptors (Lipinski definition) is 4. The van der Waals surface area contributed by atoms with E-state index in [1.54, 1.807) is 7.11 Å². The highest BCUT2D eigenvalue weighted by Gasteiger charge is 2.15. The average Bonchev–Trinajstić information content (AvgIpc) is 2.45.